The molecule has 0 saturated carbocycles. The maximum absolute atomic E-state index is 11.1. The lowest BCUT2D eigenvalue weighted by atomic mass is 10.2. The van der Waals surface area contributed by atoms with Gasteiger partial charge in [-0.1, -0.05) is 29.8 Å². The first-order valence-corrected chi connectivity index (χ1v) is 7.39. The van der Waals surface area contributed by atoms with E-state index < -0.39 is 9.05 Å². The molecule has 0 aliphatic rings. The second-order valence-electron chi connectivity index (χ2n) is 3.58. The zero-order valence-electron chi connectivity index (χ0n) is 8.44. The third kappa shape index (κ3) is 2.19. The third-order valence-electron chi connectivity index (χ3n) is 2.36. The van der Waals surface area contributed by atoms with Gasteiger partial charge in [-0.3, -0.25) is 0 Å². The molecule has 0 spiro atoms. The molecule has 86 valence electrons. The van der Waals surface area contributed by atoms with E-state index in [4.69, 9.17) is 22.3 Å². The Morgan fingerprint density at radius 2 is 2.06 bits per heavy atom. The predicted octanol–water partition coefficient (Wildman–Crippen LogP) is 2.90. The lowest BCUT2D eigenvalue weighted by Gasteiger charge is -2.03. The first kappa shape index (κ1) is 11.8. The minimum Gasteiger partial charge on any atom is -0.349 e. The van der Waals surface area contributed by atoms with Crippen LogP contribution in [0.1, 0.15) is 5.56 Å². The summed E-state index contributed by atoms with van der Waals surface area (Å²) in [5.41, 5.74) is 1.46. The highest BCUT2D eigenvalue weighted by Crippen LogP contribution is 2.28. The summed E-state index contributed by atoms with van der Waals surface area (Å²) < 4.78 is 24.0. The Hall–Kier alpha value is -0.710. The molecule has 16 heavy (non-hydrogen) atoms. The van der Waals surface area contributed by atoms with E-state index in [1.54, 1.807) is 22.9 Å². The van der Waals surface area contributed by atoms with Crippen molar-refractivity contribution in [3.05, 3.63) is 35.0 Å². The van der Waals surface area contributed by atoms with Gasteiger partial charge in [0.1, 0.15) is 0 Å². The van der Waals surface area contributed by atoms with Gasteiger partial charge in [0.15, 0.2) is 0 Å². The summed E-state index contributed by atoms with van der Waals surface area (Å²) in [7, 11) is 3.51. The van der Waals surface area contributed by atoms with E-state index >= 15 is 0 Å². The van der Waals surface area contributed by atoms with Crippen molar-refractivity contribution >= 4 is 42.2 Å². The van der Waals surface area contributed by atoms with Gasteiger partial charge < -0.3 is 4.57 Å². The van der Waals surface area contributed by atoms with E-state index in [0.717, 1.165) is 10.9 Å². The van der Waals surface area contributed by atoms with Gasteiger partial charge in [-0.05, 0) is 5.56 Å². The number of rotatable bonds is 2. The quantitative estimate of drug-likeness (QED) is 0.792. The summed E-state index contributed by atoms with van der Waals surface area (Å²) in [4.78, 5) is 0. The second kappa shape index (κ2) is 3.95. The van der Waals surface area contributed by atoms with Gasteiger partial charge in [0.05, 0.1) is 16.3 Å². The van der Waals surface area contributed by atoms with Gasteiger partial charge in [0.25, 0.3) is 0 Å². The van der Waals surface area contributed by atoms with Crippen molar-refractivity contribution < 1.29 is 8.42 Å². The molecule has 6 heteroatoms. The minimum absolute atomic E-state index is 0.194. The molecule has 0 unspecified atom stereocenters. The lowest BCUT2D eigenvalue weighted by molar-refractivity contribution is 0.609. The summed E-state index contributed by atoms with van der Waals surface area (Å²) in [5, 5.41) is 1.44. The summed E-state index contributed by atoms with van der Waals surface area (Å²) in [6, 6.07) is 5.35. The minimum atomic E-state index is -3.56. The van der Waals surface area contributed by atoms with Gasteiger partial charge in [-0.25, -0.2) is 8.42 Å². The molecule has 0 saturated heterocycles. The van der Waals surface area contributed by atoms with Crippen LogP contribution in [0.4, 0.5) is 0 Å². The fraction of sp³-hybridized carbons (Fsp3) is 0.200. The van der Waals surface area contributed by atoms with Crippen molar-refractivity contribution in [1.29, 1.82) is 0 Å². The highest BCUT2D eigenvalue weighted by atomic mass is 35.7. The Balaban J connectivity index is 2.71. The average Bonchev–Trinajstić information content (AvgIpc) is 2.41. The third-order valence-corrected chi connectivity index (χ3v) is 3.65. The van der Waals surface area contributed by atoms with E-state index in [1.165, 1.54) is 0 Å². The molecule has 0 aliphatic carbocycles. The van der Waals surface area contributed by atoms with Crippen molar-refractivity contribution in [2.45, 2.75) is 5.75 Å². The molecule has 1 heterocycles. The summed E-state index contributed by atoms with van der Waals surface area (Å²) >= 11 is 6.02. The number of fused-ring (bicyclic) bond motifs is 1. The molecule has 0 amide bonds. The fourth-order valence-corrected chi connectivity index (χ4v) is 3.06. The molecule has 0 fully saturated rings. The number of nitrogens with zero attached hydrogens (tertiary/aromatic N) is 1. The predicted molar refractivity (Wildman–Crippen MR) is 66.4 cm³/mol. The number of aromatic nitrogens is 1. The topological polar surface area (TPSA) is 39.1 Å². The smallest absolute Gasteiger partial charge is 0.236 e. The van der Waals surface area contributed by atoms with Crippen molar-refractivity contribution in [3.63, 3.8) is 0 Å². The highest BCUT2D eigenvalue weighted by molar-refractivity contribution is 8.13. The van der Waals surface area contributed by atoms with Gasteiger partial charge in [0, 0.05) is 29.3 Å². The maximum atomic E-state index is 11.1. The number of halogens is 2. The molecular weight excluding hydrogens is 269 g/mol. The number of para-hydroxylation sites is 1. The fourth-order valence-electron chi connectivity index (χ4n) is 1.81. The molecule has 1 aromatic carbocycles. The van der Waals surface area contributed by atoms with Crippen LogP contribution in [0, 0.1) is 0 Å². The average molecular weight is 278 g/mol. The number of hydrogen-bond donors (Lipinski definition) is 0. The largest absolute Gasteiger partial charge is 0.349 e. The second-order valence-corrected chi connectivity index (χ2v) is 6.77. The Morgan fingerprint density at radius 3 is 2.69 bits per heavy atom. The summed E-state index contributed by atoms with van der Waals surface area (Å²) in [5.74, 6) is -0.194. The van der Waals surface area contributed by atoms with E-state index in [9.17, 15) is 8.42 Å². The summed E-state index contributed by atoms with van der Waals surface area (Å²) in [6.07, 6.45) is 1.75. The highest BCUT2D eigenvalue weighted by Gasteiger charge is 2.13. The normalized spacial score (nSPS) is 12.2. The molecule has 0 atom stereocenters. The van der Waals surface area contributed by atoms with Gasteiger partial charge in [-0.2, -0.15) is 0 Å². The molecule has 2 rings (SSSR count). The Bertz CT molecular complexity index is 646. The Labute approximate surface area is 103 Å². The van der Waals surface area contributed by atoms with Crippen molar-refractivity contribution in [2.24, 2.45) is 7.05 Å². The van der Waals surface area contributed by atoms with Crippen LogP contribution in [0.15, 0.2) is 24.4 Å². The first-order valence-electron chi connectivity index (χ1n) is 4.53. The molecule has 1 aromatic heterocycles. The SMILES string of the molecule is Cn1cc(Cl)c2cccc(CS(=O)(=O)Cl)c21. The van der Waals surface area contributed by atoms with Crippen LogP contribution in [0.25, 0.3) is 10.9 Å². The maximum Gasteiger partial charge on any atom is 0.236 e. The Kier molecular flexibility index (Phi) is 2.90. The molecule has 0 N–H and O–H groups in total. The van der Waals surface area contributed by atoms with E-state index in [1.807, 2.05) is 13.1 Å². The molecule has 0 radical (unpaired) electrons. The van der Waals surface area contributed by atoms with Crippen LogP contribution < -0.4 is 0 Å². The van der Waals surface area contributed by atoms with Crippen molar-refractivity contribution in [1.82, 2.24) is 4.57 Å². The van der Waals surface area contributed by atoms with Crippen molar-refractivity contribution in [3.8, 4) is 0 Å². The van der Waals surface area contributed by atoms with Crippen LogP contribution >= 0.6 is 22.3 Å². The van der Waals surface area contributed by atoms with Crippen LogP contribution in [-0.2, 0) is 21.9 Å². The zero-order chi connectivity index (χ0) is 11.9. The lowest BCUT2D eigenvalue weighted by Crippen LogP contribution is -1.98. The Morgan fingerprint density at radius 1 is 1.38 bits per heavy atom. The monoisotopic (exact) mass is 277 g/mol. The van der Waals surface area contributed by atoms with Crippen LogP contribution in [-0.4, -0.2) is 13.0 Å². The summed E-state index contributed by atoms with van der Waals surface area (Å²) in [6.45, 7) is 0. The number of benzene rings is 1. The molecule has 0 bridgehead atoms. The van der Waals surface area contributed by atoms with E-state index in [0.29, 0.717) is 10.6 Å². The van der Waals surface area contributed by atoms with E-state index in [-0.39, 0.29) is 5.75 Å². The van der Waals surface area contributed by atoms with Gasteiger partial charge in [-0.15, -0.1) is 0 Å². The van der Waals surface area contributed by atoms with Gasteiger partial charge in [0.2, 0.25) is 9.05 Å². The van der Waals surface area contributed by atoms with Crippen LogP contribution in [0.5, 0.6) is 0 Å². The molecule has 3 nitrogen and oxygen atoms in total. The molecular formula is C10H9Cl2NO2S. The van der Waals surface area contributed by atoms with Crippen LogP contribution in [0.2, 0.25) is 5.02 Å². The van der Waals surface area contributed by atoms with Crippen LogP contribution in [0.3, 0.4) is 0 Å². The van der Waals surface area contributed by atoms with Crippen molar-refractivity contribution in [2.75, 3.05) is 0 Å². The van der Waals surface area contributed by atoms with E-state index in [2.05, 4.69) is 0 Å². The molecule has 0 aliphatic heterocycles. The molecule has 2 aromatic rings. The zero-order valence-corrected chi connectivity index (χ0v) is 10.8. The van der Waals surface area contributed by atoms with Gasteiger partial charge >= 0.3 is 0 Å². The first-order chi connectivity index (χ1) is 7.38. The number of hydrogen-bond acceptors (Lipinski definition) is 2. The standard InChI is InChI=1S/C10H9Cl2NO2S/c1-13-5-9(11)8-4-2-3-7(10(8)13)6-16(12,14)15/h2-5H,6H2,1H3. The number of aryl methyl sites for hydroxylation is 1.